The number of nitrogens with one attached hydrogen (secondary N) is 2. The van der Waals surface area contributed by atoms with Gasteiger partial charge in [-0.05, 0) is 42.7 Å². The molecule has 3 unspecified atom stereocenters. The number of anilines is 1. The minimum absolute atomic E-state index is 0.124. The third-order valence-electron chi connectivity index (χ3n) is 4.60. The Morgan fingerprint density at radius 2 is 1.73 bits per heavy atom. The minimum Gasteiger partial charge on any atom is -0.348 e. The van der Waals surface area contributed by atoms with Crippen LogP contribution in [0.4, 0.5) is 5.69 Å². The Hall–Kier alpha value is -2.66. The van der Waals surface area contributed by atoms with Crippen molar-refractivity contribution >= 4 is 17.5 Å². The first-order valence-corrected chi connectivity index (χ1v) is 8.94. The fraction of sp³-hybridized carbons (Fsp3) is 0.333. The number of nitrogens with two attached hydrogens (primary N) is 1. The van der Waals surface area contributed by atoms with Crippen molar-refractivity contribution in [1.29, 1.82) is 0 Å². The number of hydrogen-bond acceptors (Lipinski definition) is 3. The monoisotopic (exact) mass is 353 g/mol. The van der Waals surface area contributed by atoms with Crippen LogP contribution in [-0.4, -0.2) is 17.9 Å². The molecule has 0 fully saturated rings. The van der Waals surface area contributed by atoms with Gasteiger partial charge in [-0.1, -0.05) is 50.6 Å². The Morgan fingerprint density at radius 1 is 1.04 bits per heavy atom. The lowest BCUT2D eigenvalue weighted by atomic mass is 9.98. The maximum atomic E-state index is 12.3. The van der Waals surface area contributed by atoms with Crippen molar-refractivity contribution in [1.82, 2.24) is 5.32 Å². The van der Waals surface area contributed by atoms with Crippen molar-refractivity contribution < 1.29 is 9.59 Å². The highest BCUT2D eigenvalue weighted by atomic mass is 16.2. The van der Waals surface area contributed by atoms with E-state index in [0.29, 0.717) is 11.3 Å². The molecule has 0 radical (unpaired) electrons. The van der Waals surface area contributed by atoms with Gasteiger partial charge in [0, 0.05) is 11.3 Å². The lowest BCUT2D eigenvalue weighted by Gasteiger charge is -2.21. The van der Waals surface area contributed by atoms with Crippen LogP contribution in [0.5, 0.6) is 0 Å². The van der Waals surface area contributed by atoms with Gasteiger partial charge < -0.3 is 16.4 Å². The molecule has 2 amide bonds. The molecule has 5 heteroatoms. The summed E-state index contributed by atoms with van der Waals surface area (Å²) in [6, 6.07) is 15.8. The third kappa shape index (κ3) is 5.17. The Bertz CT molecular complexity index is 746. The lowest BCUT2D eigenvalue weighted by molar-refractivity contribution is -0.124. The molecule has 0 spiro atoms. The first-order chi connectivity index (χ1) is 12.4. The van der Waals surface area contributed by atoms with Crippen molar-refractivity contribution in [3.8, 4) is 0 Å². The molecule has 2 aromatic rings. The molecule has 0 aromatic heterocycles. The summed E-state index contributed by atoms with van der Waals surface area (Å²) in [5.74, 6) is -0.206. The molecule has 26 heavy (non-hydrogen) atoms. The summed E-state index contributed by atoms with van der Waals surface area (Å²) in [6.45, 7) is 5.88. The van der Waals surface area contributed by atoms with Crippen molar-refractivity contribution in [2.24, 2.45) is 11.7 Å². The van der Waals surface area contributed by atoms with Crippen LogP contribution in [-0.2, 0) is 4.79 Å². The summed E-state index contributed by atoms with van der Waals surface area (Å²) in [7, 11) is 0. The van der Waals surface area contributed by atoms with E-state index < -0.39 is 6.04 Å². The smallest absolute Gasteiger partial charge is 0.255 e. The molecule has 0 bridgehead atoms. The van der Waals surface area contributed by atoms with Crippen LogP contribution in [0.15, 0.2) is 54.6 Å². The van der Waals surface area contributed by atoms with Crippen molar-refractivity contribution in [2.45, 2.75) is 39.3 Å². The van der Waals surface area contributed by atoms with Crippen LogP contribution in [0.2, 0.25) is 0 Å². The summed E-state index contributed by atoms with van der Waals surface area (Å²) < 4.78 is 0. The lowest BCUT2D eigenvalue weighted by Crippen LogP contribution is -2.45. The van der Waals surface area contributed by atoms with Gasteiger partial charge in [0.05, 0.1) is 12.1 Å². The van der Waals surface area contributed by atoms with E-state index in [1.54, 1.807) is 12.1 Å². The summed E-state index contributed by atoms with van der Waals surface area (Å²) in [6.07, 6.45) is 0.851. The zero-order valence-electron chi connectivity index (χ0n) is 15.5. The highest BCUT2D eigenvalue weighted by Gasteiger charge is 2.21. The molecule has 0 saturated heterocycles. The Balaban J connectivity index is 2.04. The van der Waals surface area contributed by atoms with Gasteiger partial charge in [0.2, 0.25) is 5.91 Å². The topological polar surface area (TPSA) is 84.2 Å². The molecule has 2 rings (SSSR count). The fourth-order valence-corrected chi connectivity index (χ4v) is 2.58. The second kappa shape index (κ2) is 9.15. The largest absolute Gasteiger partial charge is 0.348 e. The van der Waals surface area contributed by atoms with Crippen LogP contribution in [0.3, 0.4) is 0 Å². The van der Waals surface area contributed by atoms with Gasteiger partial charge >= 0.3 is 0 Å². The number of hydrogen-bond donors (Lipinski definition) is 3. The van der Waals surface area contributed by atoms with E-state index in [0.717, 1.165) is 12.0 Å². The van der Waals surface area contributed by atoms with E-state index in [4.69, 9.17) is 5.73 Å². The van der Waals surface area contributed by atoms with Gasteiger partial charge in [-0.2, -0.15) is 0 Å². The van der Waals surface area contributed by atoms with E-state index in [1.807, 2.05) is 63.2 Å². The molecular formula is C21H27N3O2. The first kappa shape index (κ1) is 19.7. The average Bonchev–Trinajstić information content (AvgIpc) is 2.67. The van der Waals surface area contributed by atoms with Crippen molar-refractivity contribution in [2.75, 3.05) is 5.32 Å². The highest BCUT2D eigenvalue weighted by molar-refractivity contribution is 6.04. The van der Waals surface area contributed by atoms with Crippen LogP contribution in [0.1, 0.15) is 49.2 Å². The number of amides is 2. The van der Waals surface area contributed by atoms with Crippen LogP contribution < -0.4 is 16.4 Å². The maximum Gasteiger partial charge on any atom is 0.255 e. The molecule has 5 nitrogen and oxygen atoms in total. The Labute approximate surface area is 155 Å². The van der Waals surface area contributed by atoms with E-state index in [-0.39, 0.29) is 23.8 Å². The molecule has 0 aliphatic rings. The molecule has 0 aliphatic carbocycles. The predicted octanol–water partition coefficient (Wildman–Crippen LogP) is 3.49. The zero-order chi connectivity index (χ0) is 19.1. The van der Waals surface area contributed by atoms with E-state index in [9.17, 15) is 9.59 Å². The van der Waals surface area contributed by atoms with Crippen LogP contribution in [0.25, 0.3) is 0 Å². The number of carbonyl (C=O) groups excluding carboxylic acids is 2. The summed E-state index contributed by atoms with van der Waals surface area (Å²) in [5.41, 5.74) is 8.17. The molecule has 0 saturated carbocycles. The second-order valence-corrected chi connectivity index (χ2v) is 6.59. The molecule has 2 aromatic carbocycles. The standard InChI is InChI=1S/C21H27N3O2/c1-4-14(2)19(22)21(26)23-15(3)17-11-8-12-18(13-17)24-20(25)16-9-6-5-7-10-16/h5-15,19H,4,22H2,1-3H3,(H,23,26)(H,24,25). The van der Waals surface area contributed by atoms with Gasteiger partial charge in [-0.25, -0.2) is 0 Å². The first-order valence-electron chi connectivity index (χ1n) is 8.94. The van der Waals surface area contributed by atoms with Gasteiger partial charge in [0.15, 0.2) is 0 Å². The Morgan fingerprint density at radius 3 is 2.38 bits per heavy atom. The zero-order valence-corrected chi connectivity index (χ0v) is 15.5. The molecule has 4 N–H and O–H groups in total. The van der Waals surface area contributed by atoms with E-state index >= 15 is 0 Å². The third-order valence-corrected chi connectivity index (χ3v) is 4.60. The molecule has 3 atom stereocenters. The van der Waals surface area contributed by atoms with Crippen molar-refractivity contribution in [3.63, 3.8) is 0 Å². The van der Waals surface area contributed by atoms with Gasteiger partial charge in [-0.15, -0.1) is 0 Å². The van der Waals surface area contributed by atoms with Gasteiger partial charge in [-0.3, -0.25) is 9.59 Å². The van der Waals surface area contributed by atoms with Crippen LogP contribution in [0, 0.1) is 5.92 Å². The van der Waals surface area contributed by atoms with Gasteiger partial charge in [0.1, 0.15) is 0 Å². The summed E-state index contributed by atoms with van der Waals surface area (Å²) >= 11 is 0. The molecule has 0 heterocycles. The Kier molecular flexibility index (Phi) is 6.92. The van der Waals surface area contributed by atoms with Gasteiger partial charge in [0.25, 0.3) is 5.91 Å². The highest BCUT2D eigenvalue weighted by Crippen LogP contribution is 2.19. The average molecular weight is 353 g/mol. The number of carbonyl (C=O) groups is 2. The summed E-state index contributed by atoms with van der Waals surface area (Å²) in [5, 5.41) is 5.83. The summed E-state index contributed by atoms with van der Waals surface area (Å²) in [4.78, 5) is 24.5. The number of rotatable bonds is 7. The number of benzene rings is 2. The van der Waals surface area contributed by atoms with Crippen molar-refractivity contribution in [3.05, 3.63) is 65.7 Å². The second-order valence-electron chi connectivity index (χ2n) is 6.59. The molecular weight excluding hydrogens is 326 g/mol. The fourth-order valence-electron chi connectivity index (χ4n) is 2.58. The maximum absolute atomic E-state index is 12.3. The minimum atomic E-state index is -0.525. The van der Waals surface area contributed by atoms with E-state index in [2.05, 4.69) is 10.6 Å². The SMILES string of the molecule is CCC(C)C(N)C(=O)NC(C)c1cccc(NC(=O)c2ccccc2)c1. The van der Waals surface area contributed by atoms with Crippen LogP contribution >= 0.6 is 0 Å². The normalized spacial score (nSPS) is 14.2. The molecule has 138 valence electrons. The molecule has 0 aliphatic heterocycles. The quantitative estimate of drug-likeness (QED) is 0.712. The predicted molar refractivity (Wildman–Crippen MR) is 105 cm³/mol. The van der Waals surface area contributed by atoms with E-state index in [1.165, 1.54) is 0 Å².